The van der Waals surface area contributed by atoms with Crippen molar-refractivity contribution in [3.8, 4) is 0 Å². The number of hydrogen-bond donors (Lipinski definition) is 1. The molecule has 0 bridgehead atoms. The van der Waals surface area contributed by atoms with E-state index < -0.39 is 9.84 Å². The Morgan fingerprint density at radius 1 is 1.13 bits per heavy atom. The van der Waals surface area contributed by atoms with Crippen molar-refractivity contribution in [3.05, 3.63) is 24.3 Å². The second-order valence-electron chi connectivity index (χ2n) is 3.60. The van der Waals surface area contributed by atoms with Crippen molar-refractivity contribution in [2.24, 2.45) is 0 Å². The molecule has 0 unspecified atom stereocenters. The van der Waals surface area contributed by atoms with Gasteiger partial charge in [0.15, 0.2) is 9.84 Å². The summed E-state index contributed by atoms with van der Waals surface area (Å²) in [5.41, 5.74) is 6.08. The van der Waals surface area contributed by atoms with Gasteiger partial charge in [0.1, 0.15) is 0 Å². The highest BCUT2D eigenvalue weighted by Gasteiger charge is 2.12. The van der Waals surface area contributed by atoms with Crippen LogP contribution in [0.3, 0.4) is 0 Å². The van der Waals surface area contributed by atoms with Crippen LogP contribution in [0, 0.1) is 0 Å². The van der Waals surface area contributed by atoms with Crippen LogP contribution in [0.1, 0.15) is 26.2 Å². The average molecular weight is 227 g/mol. The number of nitrogen functional groups attached to an aromatic ring is 1. The molecule has 84 valence electrons. The van der Waals surface area contributed by atoms with E-state index in [1.165, 1.54) is 0 Å². The van der Waals surface area contributed by atoms with E-state index in [1.54, 1.807) is 24.3 Å². The van der Waals surface area contributed by atoms with Gasteiger partial charge in [-0.3, -0.25) is 0 Å². The number of benzene rings is 1. The molecule has 0 radical (unpaired) electrons. The van der Waals surface area contributed by atoms with Crippen LogP contribution in [-0.4, -0.2) is 14.2 Å². The minimum Gasteiger partial charge on any atom is -0.399 e. The fraction of sp³-hybridized carbons (Fsp3) is 0.455. The van der Waals surface area contributed by atoms with Gasteiger partial charge in [0.05, 0.1) is 10.6 Å². The maximum atomic E-state index is 11.8. The quantitative estimate of drug-likeness (QED) is 0.620. The highest BCUT2D eigenvalue weighted by Crippen LogP contribution is 2.14. The van der Waals surface area contributed by atoms with Crippen molar-refractivity contribution in [3.63, 3.8) is 0 Å². The zero-order valence-electron chi connectivity index (χ0n) is 8.94. The van der Waals surface area contributed by atoms with E-state index in [0.29, 0.717) is 10.6 Å². The van der Waals surface area contributed by atoms with Gasteiger partial charge in [0, 0.05) is 5.69 Å². The lowest BCUT2D eigenvalue weighted by Crippen LogP contribution is -2.06. The molecule has 0 spiro atoms. The molecule has 0 heterocycles. The molecular formula is C11H17NO2S. The van der Waals surface area contributed by atoms with Gasteiger partial charge in [-0.2, -0.15) is 0 Å². The van der Waals surface area contributed by atoms with Crippen LogP contribution in [0.2, 0.25) is 0 Å². The van der Waals surface area contributed by atoms with Crippen molar-refractivity contribution in [2.75, 3.05) is 11.5 Å². The molecule has 1 rings (SSSR count). The third-order valence-corrected chi connectivity index (χ3v) is 4.07. The molecule has 0 saturated heterocycles. The zero-order chi connectivity index (χ0) is 11.3. The van der Waals surface area contributed by atoms with E-state index in [9.17, 15) is 8.42 Å². The summed E-state index contributed by atoms with van der Waals surface area (Å²) in [5.74, 6) is 0.227. The van der Waals surface area contributed by atoms with Crippen LogP contribution in [0.5, 0.6) is 0 Å². The Morgan fingerprint density at radius 2 is 1.73 bits per heavy atom. The van der Waals surface area contributed by atoms with Crippen molar-refractivity contribution < 1.29 is 8.42 Å². The van der Waals surface area contributed by atoms with Gasteiger partial charge in [-0.05, 0) is 30.7 Å². The molecular weight excluding hydrogens is 210 g/mol. The SMILES string of the molecule is CCCCCS(=O)(=O)c1ccc(N)cc1. The number of sulfone groups is 1. The van der Waals surface area contributed by atoms with Gasteiger partial charge < -0.3 is 5.73 Å². The van der Waals surface area contributed by atoms with Crippen LogP contribution in [-0.2, 0) is 9.84 Å². The normalized spacial score (nSPS) is 11.5. The van der Waals surface area contributed by atoms with Gasteiger partial charge >= 0.3 is 0 Å². The van der Waals surface area contributed by atoms with Crippen LogP contribution in [0.25, 0.3) is 0 Å². The summed E-state index contributed by atoms with van der Waals surface area (Å²) >= 11 is 0. The largest absolute Gasteiger partial charge is 0.399 e. The first-order chi connectivity index (χ1) is 7.06. The summed E-state index contributed by atoms with van der Waals surface area (Å²) in [6.07, 6.45) is 2.70. The number of nitrogens with two attached hydrogens (primary N) is 1. The highest BCUT2D eigenvalue weighted by molar-refractivity contribution is 7.91. The fourth-order valence-corrected chi connectivity index (χ4v) is 2.71. The van der Waals surface area contributed by atoms with E-state index in [0.717, 1.165) is 19.3 Å². The first kappa shape index (κ1) is 12.0. The van der Waals surface area contributed by atoms with Gasteiger partial charge in [-0.15, -0.1) is 0 Å². The molecule has 0 amide bonds. The van der Waals surface area contributed by atoms with Crippen LogP contribution >= 0.6 is 0 Å². The van der Waals surface area contributed by atoms with Crippen molar-refractivity contribution >= 4 is 15.5 Å². The Kier molecular flexibility index (Phi) is 4.15. The van der Waals surface area contributed by atoms with Gasteiger partial charge in [-0.1, -0.05) is 19.8 Å². The molecule has 1 aromatic carbocycles. The molecule has 15 heavy (non-hydrogen) atoms. The number of unbranched alkanes of at least 4 members (excludes halogenated alkanes) is 2. The van der Waals surface area contributed by atoms with Gasteiger partial charge in [0.2, 0.25) is 0 Å². The Morgan fingerprint density at radius 3 is 2.27 bits per heavy atom. The summed E-state index contributed by atoms with van der Waals surface area (Å²) in [6.45, 7) is 2.05. The van der Waals surface area contributed by atoms with E-state index in [2.05, 4.69) is 6.92 Å². The molecule has 0 aliphatic heterocycles. The fourth-order valence-electron chi connectivity index (χ4n) is 1.34. The Hall–Kier alpha value is -1.03. The van der Waals surface area contributed by atoms with Crippen LogP contribution < -0.4 is 5.73 Å². The third kappa shape index (κ3) is 3.55. The van der Waals surface area contributed by atoms with Crippen molar-refractivity contribution in [1.29, 1.82) is 0 Å². The summed E-state index contributed by atoms with van der Waals surface area (Å²) < 4.78 is 23.6. The molecule has 0 saturated carbocycles. The second kappa shape index (κ2) is 5.16. The molecule has 2 N–H and O–H groups in total. The Labute approximate surface area is 91.2 Å². The maximum Gasteiger partial charge on any atom is 0.178 e. The average Bonchev–Trinajstić information content (AvgIpc) is 2.18. The monoisotopic (exact) mass is 227 g/mol. The van der Waals surface area contributed by atoms with E-state index >= 15 is 0 Å². The molecule has 0 aromatic heterocycles. The topological polar surface area (TPSA) is 60.2 Å². The molecule has 4 heteroatoms. The minimum atomic E-state index is -3.10. The summed E-state index contributed by atoms with van der Waals surface area (Å²) in [5, 5.41) is 0. The van der Waals surface area contributed by atoms with Crippen molar-refractivity contribution in [2.45, 2.75) is 31.1 Å². The number of rotatable bonds is 5. The van der Waals surface area contributed by atoms with Crippen LogP contribution in [0.4, 0.5) is 5.69 Å². The lowest BCUT2D eigenvalue weighted by atomic mass is 10.3. The first-order valence-electron chi connectivity index (χ1n) is 5.14. The van der Waals surface area contributed by atoms with E-state index in [4.69, 9.17) is 5.73 Å². The van der Waals surface area contributed by atoms with Crippen molar-refractivity contribution in [1.82, 2.24) is 0 Å². The second-order valence-corrected chi connectivity index (χ2v) is 5.70. The minimum absolute atomic E-state index is 0.227. The lowest BCUT2D eigenvalue weighted by molar-refractivity contribution is 0.591. The summed E-state index contributed by atoms with van der Waals surface area (Å²) in [4.78, 5) is 0.368. The lowest BCUT2D eigenvalue weighted by Gasteiger charge is -2.03. The highest BCUT2D eigenvalue weighted by atomic mass is 32.2. The maximum absolute atomic E-state index is 11.8. The Bertz CT molecular complexity index is 395. The molecule has 0 aliphatic rings. The van der Waals surface area contributed by atoms with E-state index in [1.807, 2.05) is 0 Å². The molecule has 3 nitrogen and oxygen atoms in total. The standard InChI is InChI=1S/C11H17NO2S/c1-2-3-4-9-15(13,14)11-7-5-10(12)6-8-11/h5-8H,2-4,9,12H2,1H3. The number of hydrogen-bond acceptors (Lipinski definition) is 3. The predicted octanol–water partition coefficient (Wildman–Crippen LogP) is 2.23. The van der Waals surface area contributed by atoms with E-state index in [-0.39, 0.29) is 5.75 Å². The molecule has 0 fully saturated rings. The molecule has 0 aliphatic carbocycles. The smallest absolute Gasteiger partial charge is 0.178 e. The molecule has 0 atom stereocenters. The summed E-state index contributed by atoms with van der Waals surface area (Å²) in [7, 11) is -3.10. The third-order valence-electron chi connectivity index (χ3n) is 2.26. The number of anilines is 1. The zero-order valence-corrected chi connectivity index (χ0v) is 9.76. The summed E-state index contributed by atoms with van der Waals surface area (Å²) in [6, 6.07) is 6.37. The predicted molar refractivity (Wildman–Crippen MR) is 62.4 cm³/mol. The molecule has 1 aromatic rings. The first-order valence-corrected chi connectivity index (χ1v) is 6.80. The Balaban J connectivity index is 2.73. The van der Waals surface area contributed by atoms with Gasteiger partial charge in [-0.25, -0.2) is 8.42 Å². The van der Waals surface area contributed by atoms with Gasteiger partial charge in [0.25, 0.3) is 0 Å². The van der Waals surface area contributed by atoms with Crippen LogP contribution in [0.15, 0.2) is 29.2 Å².